The van der Waals surface area contributed by atoms with E-state index in [1.807, 2.05) is 30.5 Å². The fraction of sp³-hybridized carbons (Fsp3) is 0.375. The lowest BCUT2D eigenvalue weighted by atomic mass is 10.2. The second-order valence-electron chi connectivity index (χ2n) is 5.30. The zero-order valence-electron chi connectivity index (χ0n) is 12.5. The van der Waals surface area contributed by atoms with Crippen molar-refractivity contribution in [2.45, 2.75) is 32.9 Å². The molecule has 1 aliphatic heterocycles. The van der Waals surface area contributed by atoms with Gasteiger partial charge in [0.15, 0.2) is 0 Å². The SMILES string of the molecule is Cc1cc(C(=O)O[C@@H]2CCOC2=O)c(C)n1Cc1ccco1. The van der Waals surface area contributed by atoms with Gasteiger partial charge in [0.2, 0.25) is 6.10 Å². The lowest BCUT2D eigenvalue weighted by molar-refractivity contribution is -0.145. The number of hydrogen-bond donors (Lipinski definition) is 0. The van der Waals surface area contributed by atoms with E-state index >= 15 is 0 Å². The zero-order valence-corrected chi connectivity index (χ0v) is 12.5. The molecular formula is C16H17NO5. The first-order valence-electron chi connectivity index (χ1n) is 7.13. The van der Waals surface area contributed by atoms with Crippen LogP contribution in [0, 0.1) is 13.8 Å². The zero-order chi connectivity index (χ0) is 15.7. The molecule has 0 N–H and O–H groups in total. The number of carbonyl (C=O) groups is 2. The van der Waals surface area contributed by atoms with Gasteiger partial charge in [-0.2, -0.15) is 0 Å². The largest absolute Gasteiger partial charge is 0.467 e. The maximum atomic E-state index is 12.3. The predicted molar refractivity (Wildman–Crippen MR) is 76.5 cm³/mol. The van der Waals surface area contributed by atoms with E-state index in [-0.39, 0.29) is 0 Å². The molecule has 0 unspecified atom stereocenters. The molecule has 0 aromatic carbocycles. The van der Waals surface area contributed by atoms with Crippen LogP contribution in [0.3, 0.4) is 0 Å². The Morgan fingerprint density at radius 1 is 1.45 bits per heavy atom. The van der Waals surface area contributed by atoms with Crippen LogP contribution >= 0.6 is 0 Å². The Morgan fingerprint density at radius 3 is 2.91 bits per heavy atom. The second kappa shape index (κ2) is 5.71. The number of nitrogens with zero attached hydrogens (tertiary/aromatic N) is 1. The molecule has 0 saturated carbocycles. The third-order valence-corrected chi connectivity index (χ3v) is 3.82. The monoisotopic (exact) mass is 303 g/mol. The number of aryl methyl sites for hydroxylation is 1. The Hall–Kier alpha value is -2.50. The molecule has 116 valence electrons. The van der Waals surface area contributed by atoms with E-state index in [1.54, 1.807) is 12.3 Å². The summed E-state index contributed by atoms with van der Waals surface area (Å²) in [6.07, 6.45) is 1.24. The van der Waals surface area contributed by atoms with Crippen molar-refractivity contribution in [3.8, 4) is 0 Å². The average Bonchev–Trinajstić information content (AvgIpc) is 3.18. The molecule has 1 atom stereocenters. The van der Waals surface area contributed by atoms with Crippen molar-refractivity contribution < 1.29 is 23.5 Å². The second-order valence-corrected chi connectivity index (χ2v) is 5.30. The summed E-state index contributed by atoms with van der Waals surface area (Å²) in [5, 5.41) is 0. The number of rotatable bonds is 4. The quantitative estimate of drug-likeness (QED) is 0.810. The van der Waals surface area contributed by atoms with Gasteiger partial charge in [-0.3, -0.25) is 0 Å². The summed E-state index contributed by atoms with van der Waals surface area (Å²) in [7, 11) is 0. The molecule has 22 heavy (non-hydrogen) atoms. The van der Waals surface area contributed by atoms with E-state index in [0.717, 1.165) is 17.1 Å². The predicted octanol–water partition coefficient (Wildman–Crippen LogP) is 2.22. The molecular weight excluding hydrogens is 286 g/mol. The Kier molecular flexibility index (Phi) is 3.75. The van der Waals surface area contributed by atoms with Gasteiger partial charge < -0.3 is 18.5 Å². The molecule has 0 spiro atoms. The Balaban J connectivity index is 1.79. The molecule has 2 aromatic heterocycles. The van der Waals surface area contributed by atoms with Gasteiger partial charge >= 0.3 is 11.9 Å². The van der Waals surface area contributed by atoms with Gasteiger partial charge in [-0.05, 0) is 32.0 Å². The summed E-state index contributed by atoms with van der Waals surface area (Å²) in [6.45, 7) is 4.60. The third kappa shape index (κ3) is 2.64. The summed E-state index contributed by atoms with van der Waals surface area (Å²) >= 11 is 0. The maximum Gasteiger partial charge on any atom is 0.347 e. The van der Waals surface area contributed by atoms with Crippen LogP contribution in [-0.4, -0.2) is 29.2 Å². The highest BCUT2D eigenvalue weighted by Crippen LogP contribution is 2.20. The van der Waals surface area contributed by atoms with Crippen LogP contribution in [0.5, 0.6) is 0 Å². The van der Waals surface area contributed by atoms with Gasteiger partial charge in [-0.1, -0.05) is 0 Å². The third-order valence-electron chi connectivity index (χ3n) is 3.82. The molecule has 1 fully saturated rings. The summed E-state index contributed by atoms with van der Waals surface area (Å²) in [5.74, 6) is -0.165. The minimum absolute atomic E-state index is 0.300. The van der Waals surface area contributed by atoms with Gasteiger partial charge in [-0.15, -0.1) is 0 Å². The summed E-state index contributed by atoms with van der Waals surface area (Å²) in [6, 6.07) is 5.47. The van der Waals surface area contributed by atoms with Crippen LogP contribution in [0.25, 0.3) is 0 Å². The molecule has 1 saturated heterocycles. The van der Waals surface area contributed by atoms with Crippen LogP contribution < -0.4 is 0 Å². The summed E-state index contributed by atoms with van der Waals surface area (Å²) in [5.41, 5.74) is 2.17. The van der Waals surface area contributed by atoms with Crippen LogP contribution in [0.4, 0.5) is 0 Å². The van der Waals surface area contributed by atoms with Crippen molar-refractivity contribution in [3.05, 3.63) is 47.2 Å². The van der Waals surface area contributed by atoms with Gasteiger partial charge in [0.25, 0.3) is 0 Å². The Labute approximate surface area is 127 Å². The Bertz CT molecular complexity index is 698. The fourth-order valence-corrected chi connectivity index (χ4v) is 2.59. The first kappa shape index (κ1) is 14.4. The van der Waals surface area contributed by atoms with E-state index in [1.165, 1.54) is 0 Å². The van der Waals surface area contributed by atoms with Crippen LogP contribution in [0.15, 0.2) is 28.9 Å². The molecule has 0 amide bonds. The molecule has 1 aliphatic rings. The van der Waals surface area contributed by atoms with E-state index in [2.05, 4.69) is 0 Å². The maximum absolute atomic E-state index is 12.3. The summed E-state index contributed by atoms with van der Waals surface area (Å²) < 4.78 is 17.4. The fourth-order valence-electron chi connectivity index (χ4n) is 2.59. The van der Waals surface area contributed by atoms with Gasteiger partial charge in [-0.25, -0.2) is 9.59 Å². The molecule has 0 radical (unpaired) electrons. The lowest BCUT2D eigenvalue weighted by Crippen LogP contribution is -2.23. The normalized spacial score (nSPS) is 17.5. The first-order chi connectivity index (χ1) is 10.6. The number of aromatic nitrogens is 1. The standard InChI is InChI=1S/C16H17NO5/c1-10-8-13(15(18)22-14-5-7-21-16(14)19)11(2)17(10)9-12-4-3-6-20-12/h3-4,6,8,14H,5,7,9H2,1-2H3/t14-/m1/s1. The smallest absolute Gasteiger partial charge is 0.347 e. The van der Waals surface area contributed by atoms with E-state index in [4.69, 9.17) is 13.9 Å². The molecule has 0 aliphatic carbocycles. The highest BCUT2D eigenvalue weighted by atomic mass is 16.6. The van der Waals surface area contributed by atoms with Crippen LogP contribution in [-0.2, 0) is 20.8 Å². The van der Waals surface area contributed by atoms with Crippen molar-refractivity contribution in [1.29, 1.82) is 0 Å². The minimum atomic E-state index is -0.791. The van der Waals surface area contributed by atoms with Crippen LogP contribution in [0.2, 0.25) is 0 Å². The van der Waals surface area contributed by atoms with Crippen molar-refractivity contribution in [2.75, 3.05) is 6.61 Å². The van der Waals surface area contributed by atoms with Crippen molar-refractivity contribution in [2.24, 2.45) is 0 Å². The number of hydrogen-bond acceptors (Lipinski definition) is 5. The van der Waals surface area contributed by atoms with Crippen molar-refractivity contribution in [1.82, 2.24) is 4.57 Å². The van der Waals surface area contributed by atoms with Crippen molar-refractivity contribution >= 4 is 11.9 Å². The number of ether oxygens (including phenoxy) is 2. The molecule has 6 heteroatoms. The first-order valence-corrected chi connectivity index (χ1v) is 7.13. The van der Waals surface area contributed by atoms with Gasteiger partial charge in [0, 0.05) is 17.8 Å². The van der Waals surface area contributed by atoms with E-state index < -0.39 is 18.0 Å². The number of carbonyl (C=O) groups excluding carboxylic acids is 2. The minimum Gasteiger partial charge on any atom is -0.467 e. The number of furan rings is 1. The molecule has 0 bridgehead atoms. The molecule has 3 heterocycles. The molecule has 2 aromatic rings. The topological polar surface area (TPSA) is 70.7 Å². The van der Waals surface area contributed by atoms with Gasteiger partial charge in [0.1, 0.15) is 5.76 Å². The number of esters is 2. The number of cyclic esters (lactones) is 1. The molecule has 3 rings (SSSR count). The average molecular weight is 303 g/mol. The Morgan fingerprint density at radius 2 is 2.27 bits per heavy atom. The lowest BCUT2D eigenvalue weighted by Gasteiger charge is -2.09. The van der Waals surface area contributed by atoms with Crippen molar-refractivity contribution in [3.63, 3.8) is 0 Å². The van der Waals surface area contributed by atoms with E-state index in [0.29, 0.717) is 25.1 Å². The highest BCUT2D eigenvalue weighted by Gasteiger charge is 2.31. The van der Waals surface area contributed by atoms with E-state index in [9.17, 15) is 9.59 Å². The van der Waals surface area contributed by atoms with Gasteiger partial charge in [0.05, 0.1) is 25.0 Å². The molecule has 6 nitrogen and oxygen atoms in total. The highest BCUT2D eigenvalue weighted by molar-refractivity contribution is 5.93. The summed E-state index contributed by atoms with van der Waals surface area (Å²) in [4.78, 5) is 23.7. The van der Waals surface area contributed by atoms with Crippen LogP contribution in [0.1, 0.15) is 33.9 Å².